The molecule has 0 saturated heterocycles. The lowest BCUT2D eigenvalue weighted by Crippen LogP contribution is -2.21. The zero-order valence-electron chi connectivity index (χ0n) is 18.0. The highest BCUT2D eigenvalue weighted by molar-refractivity contribution is 5.90. The number of aromatic nitrogens is 4. The van der Waals surface area contributed by atoms with Gasteiger partial charge in [0.05, 0.1) is 30.8 Å². The first-order valence-electron chi connectivity index (χ1n) is 9.47. The normalized spacial score (nSPS) is 11.0. The fourth-order valence-corrected chi connectivity index (χ4v) is 2.94. The molecular weight excluding hydrogens is 459 g/mol. The summed E-state index contributed by atoms with van der Waals surface area (Å²) >= 11 is 0. The number of nitrogens with zero attached hydrogens (tertiary/aromatic N) is 4. The zero-order chi connectivity index (χ0) is 25.0. The molecule has 2 aromatic carbocycles. The number of carboxylic acids is 1. The minimum Gasteiger partial charge on any atom is -0.493 e. The number of fused-ring (bicyclic) bond motifs is 2. The Morgan fingerprint density at radius 1 is 0.941 bits per heavy atom. The number of rotatable bonds is 4. The summed E-state index contributed by atoms with van der Waals surface area (Å²) in [6.45, 7) is 1.87. The Kier molecular flexibility index (Phi) is 6.84. The molecule has 0 amide bonds. The number of nitrogens with one attached hydrogen (secondary N) is 1. The fraction of sp³-hybridized carbons (Fsp3) is 0.190. The van der Waals surface area contributed by atoms with Crippen LogP contribution in [0.15, 0.2) is 36.4 Å². The molecule has 2 aromatic heterocycles. The number of halogens is 3. The first kappa shape index (κ1) is 24.2. The van der Waals surface area contributed by atoms with Crippen molar-refractivity contribution in [2.45, 2.75) is 13.1 Å². The molecule has 0 aliphatic rings. The minimum absolute atomic E-state index is 0.111. The number of methoxy groups -OCH3 is 2. The van der Waals surface area contributed by atoms with Crippen LogP contribution in [0, 0.1) is 6.92 Å². The Labute approximate surface area is 190 Å². The quantitative estimate of drug-likeness (QED) is 0.395. The van der Waals surface area contributed by atoms with Crippen LogP contribution in [0.3, 0.4) is 0 Å². The molecule has 0 radical (unpaired) electrons. The van der Waals surface area contributed by atoms with Gasteiger partial charge in [-0.2, -0.15) is 18.2 Å². The van der Waals surface area contributed by atoms with E-state index in [0.717, 1.165) is 11.1 Å². The van der Waals surface area contributed by atoms with Crippen LogP contribution in [-0.4, -0.2) is 56.5 Å². The molecule has 0 saturated carbocycles. The van der Waals surface area contributed by atoms with Crippen molar-refractivity contribution in [1.29, 1.82) is 0 Å². The molecule has 178 valence electrons. The highest BCUT2D eigenvalue weighted by Crippen LogP contribution is 2.35. The summed E-state index contributed by atoms with van der Waals surface area (Å²) in [6, 6.07) is 10.9. The van der Waals surface area contributed by atoms with Crippen molar-refractivity contribution in [3.63, 3.8) is 0 Å². The van der Waals surface area contributed by atoms with Gasteiger partial charge < -0.3 is 19.7 Å². The third-order valence-corrected chi connectivity index (χ3v) is 4.45. The van der Waals surface area contributed by atoms with Crippen LogP contribution in [0.4, 0.5) is 25.1 Å². The van der Waals surface area contributed by atoms with Crippen molar-refractivity contribution in [3.8, 4) is 17.4 Å². The van der Waals surface area contributed by atoms with Gasteiger partial charge in [-0.3, -0.25) is 5.32 Å². The van der Waals surface area contributed by atoms with E-state index >= 15 is 0 Å². The van der Waals surface area contributed by atoms with Gasteiger partial charge in [0.2, 0.25) is 17.8 Å². The second-order valence-corrected chi connectivity index (χ2v) is 6.65. The minimum atomic E-state index is -5.08. The van der Waals surface area contributed by atoms with Gasteiger partial charge in [-0.15, -0.1) is 0 Å². The van der Waals surface area contributed by atoms with Crippen LogP contribution < -0.4 is 14.8 Å². The molecule has 0 atom stereocenters. The van der Waals surface area contributed by atoms with Crippen molar-refractivity contribution in [1.82, 2.24) is 19.9 Å². The number of ether oxygens (including phenoxy) is 2. The van der Waals surface area contributed by atoms with Gasteiger partial charge in [0.25, 0.3) is 0 Å². The van der Waals surface area contributed by atoms with Gasteiger partial charge in [-0.1, -0.05) is 12.1 Å². The number of benzene rings is 2. The number of para-hydroxylation sites is 1. The van der Waals surface area contributed by atoms with Crippen LogP contribution in [0.2, 0.25) is 0 Å². The van der Waals surface area contributed by atoms with E-state index in [1.807, 2.05) is 31.2 Å². The maximum atomic E-state index is 10.6. The number of carbonyl (C=O) groups is 1. The second-order valence-electron chi connectivity index (χ2n) is 6.65. The average Bonchev–Trinajstić information content (AvgIpc) is 2.78. The second kappa shape index (κ2) is 9.60. The van der Waals surface area contributed by atoms with E-state index < -0.39 is 12.1 Å². The van der Waals surface area contributed by atoms with Crippen LogP contribution >= 0.6 is 0 Å². The molecule has 4 aromatic rings. The van der Waals surface area contributed by atoms with Crippen molar-refractivity contribution >= 4 is 39.7 Å². The summed E-state index contributed by atoms with van der Waals surface area (Å²) in [5.41, 5.74) is 1.98. The number of aromatic hydroxyl groups is 1. The number of aryl methyl sites for hydroxylation is 1. The maximum absolute atomic E-state index is 10.6. The molecule has 3 N–H and O–H groups in total. The molecule has 0 unspecified atom stereocenters. The molecule has 0 fully saturated rings. The van der Waals surface area contributed by atoms with E-state index in [0.29, 0.717) is 33.9 Å². The van der Waals surface area contributed by atoms with Crippen molar-refractivity contribution in [3.05, 3.63) is 42.1 Å². The zero-order valence-corrected chi connectivity index (χ0v) is 18.0. The predicted molar refractivity (Wildman–Crippen MR) is 116 cm³/mol. The van der Waals surface area contributed by atoms with E-state index in [1.54, 1.807) is 26.4 Å². The van der Waals surface area contributed by atoms with Crippen LogP contribution in [0.1, 0.15) is 5.69 Å². The van der Waals surface area contributed by atoms with Gasteiger partial charge in [0.15, 0.2) is 11.5 Å². The summed E-state index contributed by atoms with van der Waals surface area (Å²) in [5, 5.41) is 21.6. The summed E-state index contributed by atoms with van der Waals surface area (Å²) in [7, 11) is 3.13. The molecule has 2 heterocycles. The van der Waals surface area contributed by atoms with E-state index in [2.05, 4.69) is 25.3 Å². The highest BCUT2D eigenvalue weighted by atomic mass is 19.4. The predicted octanol–water partition coefficient (Wildman–Crippen LogP) is 3.98. The molecule has 0 aliphatic heterocycles. The smallest absolute Gasteiger partial charge is 0.490 e. The molecule has 10 nitrogen and oxygen atoms in total. The van der Waals surface area contributed by atoms with E-state index in [4.69, 9.17) is 19.4 Å². The Balaban J connectivity index is 0.000000406. The third kappa shape index (κ3) is 5.14. The monoisotopic (exact) mass is 477 g/mol. The number of hydrogen-bond donors (Lipinski definition) is 3. The summed E-state index contributed by atoms with van der Waals surface area (Å²) in [4.78, 5) is 26.4. The SMILES string of the molecule is COc1ccc2c(C)nc(Nc3nc(O)c4ccccc4n3)nc2c1OC.O=C(O)C(F)(F)F. The maximum Gasteiger partial charge on any atom is 0.490 e. The van der Waals surface area contributed by atoms with E-state index in [-0.39, 0.29) is 11.8 Å². The summed E-state index contributed by atoms with van der Waals surface area (Å²) < 4.78 is 42.6. The molecule has 34 heavy (non-hydrogen) atoms. The van der Waals surface area contributed by atoms with Gasteiger partial charge >= 0.3 is 12.1 Å². The standard InChI is InChI=1S/C19H17N5O3.C2HF3O2/c1-10-11-8-9-14(26-2)16(27-3)15(11)22-18(20-10)24-19-21-13-7-5-4-6-12(13)17(25)23-19;3-2(4,5)1(6)7/h4-9H,1-3H3,(H2,20,21,22,23,24,25);(H,6,7). The highest BCUT2D eigenvalue weighted by Gasteiger charge is 2.38. The van der Waals surface area contributed by atoms with Gasteiger partial charge in [0.1, 0.15) is 5.52 Å². The number of anilines is 2. The van der Waals surface area contributed by atoms with Crippen molar-refractivity contribution in [2.24, 2.45) is 0 Å². The molecule has 13 heteroatoms. The van der Waals surface area contributed by atoms with Crippen LogP contribution in [0.25, 0.3) is 21.8 Å². The Morgan fingerprint density at radius 2 is 1.59 bits per heavy atom. The third-order valence-electron chi connectivity index (χ3n) is 4.45. The molecule has 4 rings (SSSR count). The first-order valence-corrected chi connectivity index (χ1v) is 9.47. The lowest BCUT2D eigenvalue weighted by atomic mass is 10.1. The van der Waals surface area contributed by atoms with Gasteiger partial charge in [0, 0.05) is 5.39 Å². The molecule has 0 bridgehead atoms. The first-order chi connectivity index (χ1) is 16.0. The Bertz CT molecular complexity index is 1360. The van der Waals surface area contributed by atoms with E-state index in [9.17, 15) is 18.3 Å². The summed E-state index contributed by atoms with van der Waals surface area (Å²) in [5.74, 6) is -1.28. The lowest BCUT2D eigenvalue weighted by Gasteiger charge is -2.12. The Hall–Kier alpha value is -4.42. The van der Waals surface area contributed by atoms with Crippen LogP contribution in [0.5, 0.6) is 17.4 Å². The number of carboxylic acid groups (broad SMARTS) is 1. The van der Waals surface area contributed by atoms with E-state index in [1.165, 1.54) is 0 Å². The number of aliphatic carboxylic acids is 1. The van der Waals surface area contributed by atoms with Gasteiger partial charge in [-0.25, -0.2) is 19.7 Å². The largest absolute Gasteiger partial charge is 0.493 e. The van der Waals surface area contributed by atoms with Gasteiger partial charge in [-0.05, 0) is 31.2 Å². The molecule has 0 spiro atoms. The topological polar surface area (TPSA) is 140 Å². The summed E-state index contributed by atoms with van der Waals surface area (Å²) in [6.07, 6.45) is -5.08. The molecule has 0 aliphatic carbocycles. The average molecular weight is 477 g/mol. The van der Waals surface area contributed by atoms with Crippen molar-refractivity contribution in [2.75, 3.05) is 19.5 Å². The van der Waals surface area contributed by atoms with Crippen molar-refractivity contribution < 1.29 is 37.7 Å². The molecular formula is C21H18F3N5O5. The van der Waals surface area contributed by atoms with Crippen LogP contribution in [-0.2, 0) is 4.79 Å². The number of hydrogen-bond acceptors (Lipinski definition) is 9. The lowest BCUT2D eigenvalue weighted by molar-refractivity contribution is -0.192. The number of alkyl halides is 3. The Morgan fingerprint density at radius 3 is 2.21 bits per heavy atom. The fourth-order valence-electron chi connectivity index (χ4n) is 2.94.